The predicted molar refractivity (Wildman–Crippen MR) is 75.3 cm³/mol. The summed E-state index contributed by atoms with van der Waals surface area (Å²) in [6.45, 7) is -2.85. The third kappa shape index (κ3) is 3.22. The lowest BCUT2D eigenvalue weighted by molar-refractivity contribution is -0.0500. The highest BCUT2D eigenvalue weighted by Gasteiger charge is 2.43. The maximum Gasteiger partial charge on any atom is 0.387 e. The maximum absolute atomic E-state index is 12.2. The number of aliphatic hydroxyl groups is 1. The molecule has 0 bridgehead atoms. The topological polar surface area (TPSA) is 29.5 Å². The van der Waals surface area contributed by atoms with Gasteiger partial charge in [-0.15, -0.1) is 0 Å². The van der Waals surface area contributed by atoms with Crippen LogP contribution in [0.1, 0.15) is 29.6 Å². The second kappa shape index (κ2) is 5.82. The molecular weight excluding hydrogens is 274 g/mol. The third-order valence-electron chi connectivity index (χ3n) is 3.90. The number of hydrogen-bond donors (Lipinski definition) is 1. The van der Waals surface area contributed by atoms with Gasteiger partial charge in [-0.1, -0.05) is 42.5 Å². The van der Waals surface area contributed by atoms with Crippen molar-refractivity contribution in [3.63, 3.8) is 0 Å². The summed E-state index contributed by atoms with van der Waals surface area (Å²) in [6, 6.07) is 16.3. The summed E-state index contributed by atoms with van der Waals surface area (Å²) in [5.74, 6) is 0.550. The summed E-state index contributed by atoms with van der Waals surface area (Å²) in [7, 11) is 0. The first-order valence-electron chi connectivity index (χ1n) is 6.93. The van der Waals surface area contributed by atoms with E-state index in [1.54, 1.807) is 12.1 Å². The summed E-state index contributed by atoms with van der Waals surface area (Å²) >= 11 is 0. The Morgan fingerprint density at radius 1 is 1.05 bits per heavy atom. The summed E-state index contributed by atoms with van der Waals surface area (Å²) in [5.41, 5.74) is 1.83. The summed E-state index contributed by atoms with van der Waals surface area (Å²) in [5, 5.41) is 10.4. The van der Waals surface area contributed by atoms with Crippen LogP contribution >= 0.6 is 0 Å². The van der Waals surface area contributed by atoms with Crippen molar-refractivity contribution in [3.05, 3.63) is 65.7 Å². The van der Waals surface area contributed by atoms with E-state index < -0.39 is 12.7 Å². The smallest absolute Gasteiger partial charge is 0.387 e. The van der Waals surface area contributed by atoms with Gasteiger partial charge in [-0.3, -0.25) is 0 Å². The van der Waals surface area contributed by atoms with Crippen LogP contribution in [0.25, 0.3) is 0 Å². The van der Waals surface area contributed by atoms with Crippen LogP contribution in [0.4, 0.5) is 8.78 Å². The van der Waals surface area contributed by atoms with Crippen LogP contribution in [0.15, 0.2) is 54.6 Å². The Morgan fingerprint density at radius 3 is 2.52 bits per heavy atom. The zero-order valence-electron chi connectivity index (χ0n) is 11.3. The second-order valence-corrected chi connectivity index (χ2v) is 5.31. The molecule has 1 saturated carbocycles. The van der Waals surface area contributed by atoms with E-state index in [1.807, 2.05) is 30.3 Å². The average molecular weight is 290 g/mol. The van der Waals surface area contributed by atoms with Gasteiger partial charge in [0.05, 0.1) is 6.10 Å². The number of ether oxygens (including phenoxy) is 1. The molecule has 1 aliphatic carbocycles. The molecule has 3 atom stereocenters. The molecule has 3 unspecified atom stereocenters. The fourth-order valence-corrected chi connectivity index (χ4v) is 2.77. The van der Waals surface area contributed by atoms with Crippen LogP contribution in [-0.4, -0.2) is 11.7 Å². The van der Waals surface area contributed by atoms with E-state index in [0.29, 0.717) is 11.5 Å². The Labute approximate surface area is 122 Å². The van der Waals surface area contributed by atoms with Crippen LogP contribution in [0.2, 0.25) is 0 Å². The molecule has 4 heteroatoms. The summed E-state index contributed by atoms with van der Waals surface area (Å²) in [6.07, 6.45) is 0.252. The fourth-order valence-electron chi connectivity index (χ4n) is 2.77. The molecule has 1 aliphatic rings. The highest BCUT2D eigenvalue weighted by molar-refractivity contribution is 5.33. The van der Waals surface area contributed by atoms with Gasteiger partial charge in [-0.2, -0.15) is 8.78 Å². The highest BCUT2D eigenvalue weighted by atomic mass is 19.3. The van der Waals surface area contributed by atoms with E-state index in [-0.39, 0.29) is 11.7 Å². The molecule has 110 valence electrons. The lowest BCUT2D eigenvalue weighted by Crippen LogP contribution is -2.05. The van der Waals surface area contributed by atoms with Gasteiger partial charge < -0.3 is 9.84 Å². The summed E-state index contributed by atoms with van der Waals surface area (Å²) < 4.78 is 28.8. The third-order valence-corrected chi connectivity index (χ3v) is 3.90. The van der Waals surface area contributed by atoms with Crippen LogP contribution in [0, 0.1) is 5.92 Å². The van der Waals surface area contributed by atoms with Gasteiger partial charge in [0.15, 0.2) is 0 Å². The monoisotopic (exact) mass is 290 g/mol. The minimum Gasteiger partial charge on any atom is -0.435 e. The van der Waals surface area contributed by atoms with Crippen molar-refractivity contribution in [3.8, 4) is 5.75 Å². The quantitative estimate of drug-likeness (QED) is 0.897. The van der Waals surface area contributed by atoms with Gasteiger partial charge in [0.25, 0.3) is 0 Å². The van der Waals surface area contributed by atoms with Crippen LogP contribution in [-0.2, 0) is 0 Å². The molecule has 0 amide bonds. The van der Waals surface area contributed by atoms with Crippen molar-refractivity contribution in [2.75, 3.05) is 0 Å². The van der Waals surface area contributed by atoms with Crippen molar-refractivity contribution in [1.82, 2.24) is 0 Å². The molecule has 0 spiro atoms. The molecule has 0 radical (unpaired) electrons. The Hall–Kier alpha value is -1.94. The first-order valence-corrected chi connectivity index (χ1v) is 6.93. The number of aliphatic hydroxyl groups excluding tert-OH is 1. The number of alkyl halides is 2. The molecule has 21 heavy (non-hydrogen) atoms. The van der Waals surface area contributed by atoms with Crippen molar-refractivity contribution < 1.29 is 18.6 Å². The second-order valence-electron chi connectivity index (χ2n) is 5.31. The largest absolute Gasteiger partial charge is 0.435 e. The molecule has 0 heterocycles. The van der Waals surface area contributed by atoms with Crippen LogP contribution in [0.3, 0.4) is 0 Å². The van der Waals surface area contributed by atoms with Crippen LogP contribution in [0.5, 0.6) is 5.75 Å². The van der Waals surface area contributed by atoms with Gasteiger partial charge in [0.2, 0.25) is 0 Å². The van der Waals surface area contributed by atoms with E-state index in [0.717, 1.165) is 6.42 Å². The van der Waals surface area contributed by atoms with Gasteiger partial charge in [-0.05, 0) is 41.5 Å². The molecule has 2 nitrogen and oxygen atoms in total. The zero-order valence-corrected chi connectivity index (χ0v) is 11.3. The Bertz CT molecular complexity index is 601. The first kappa shape index (κ1) is 14.0. The number of benzene rings is 2. The van der Waals surface area contributed by atoms with E-state index in [4.69, 9.17) is 0 Å². The summed E-state index contributed by atoms with van der Waals surface area (Å²) in [4.78, 5) is 0. The minimum absolute atomic E-state index is 0.0819. The zero-order chi connectivity index (χ0) is 14.8. The number of hydrogen-bond acceptors (Lipinski definition) is 2. The van der Waals surface area contributed by atoms with Gasteiger partial charge in [0, 0.05) is 0 Å². The van der Waals surface area contributed by atoms with E-state index in [1.165, 1.54) is 17.7 Å². The molecule has 1 fully saturated rings. The number of halogens is 2. The standard InChI is InChI=1S/C17H16F2O2/c18-17(19)21-13-8-4-7-12(9-13)16(20)15-10-14(15)11-5-2-1-3-6-11/h1-9,14-17,20H,10H2. The number of rotatable bonds is 5. The molecule has 1 N–H and O–H groups in total. The molecule has 0 saturated heterocycles. The van der Waals surface area contributed by atoms with Crippen LogP contribution < -0.4 is 4.74 Å². The van der Waals surface area contributed by atoms with E-state index in [2.05, 4.69) is 4.74 Å². The minimum atomic E-state index is -2.85. The predicted octanol–water partition coefficient (Wildman–Crippen LogP) is 4.13. The van der Waals surface area contributed by atoms with Gasteiger partial charge in [-0.25, -0.2) is 0 Å². The molecule has 0 aliphatic heterocycles. The maximum atomic E-state index is 12.2. The highest BCUT2D eigenvalue weighted by Crippen LogP contribution is 2.54. The Morgan fingerprint density at radius 2 is 1.81 bits per heavy atom. The average Bonchev–Trinajstić information content (AvgIpc) is 3.27. The van der Waals surface area contributed by atoms with Gasteiger partial charge in [0.1, 0.15) is 5.75 Å². The first-order chi connectivity index (χ1) is 10.1. The van der Waals surface area contributed by atoms with Crippen molar-refractivity contribution >= 4 is 0 Å². The molecular formula is C17H16F2O2. The molecule has 2 aromatic carbocycles. The van der Waals surface area contributed by atoms with Crippen molar-refractivity contribution in [2.45, 2.75) is 25.1 Å². The van der Waals surface area contributed by atoms with E-state index >= 15 is 0 Å². The van der Waals surface area contributed by atoms with Crippen molar-refractivity contribution in [2.24, 2.45) is 5.92 Å². The van der Waals surface area contributed by atoms with Gasteiger partial charge >= 0.3 is 6.61 Å². The van der Waals surface area contributed by atoms with Crippen molar-refractivity contribution in [1.29, 1.82) is 0 Å². The molecule has 0 aromatic heterocycles. The normalized spacial score (nSPS) is 22.1. The lowest BCUT2D eigenvalue weighted by atomic mass is 10.0. The molecule has 3 rings (SSSR count). The molecule has 2 aromatic rings. The fraction of sp³-hybridized carbons (Fsp3) is 0.294. The Kier molecular flexibility index (Phi) is 3.88. The Balaban J connectivity index is 1.71. The van der Waals surface area contributed by atoms with E-state index in [9.17, 15) is 13.9 Å². The SMILES string of the molecule is OC(c1cccc(OC(F)F)c1)C1CC1c1ccccc1. The lowest BCUT2D eigenvalue weighted by Gasteiger charge is -2.13.